The zero-order valence-electron chi connectivity index (χ0n) is 22.4. The van der Waals surface area contributed by atoms with Gasteiger partial charge in [-0.25, -0.2) is 4.79 Å². The summed E-state index contributed by atoms with van der Waals surface area (Å²) in [6.07, 6.45) is -4.65. The number of carbonyl (C=O) groups is 3. The van der Waals surface area contributed by atoms with Gasteiger partial charge in [-0.15, -0.1) is 0 Å². The molecule has 0 aliphatic rings. The maximum atomic E-state index is 13.1. The molecule has 4 aromatic rings. The van der Waals surface area contributed by atoms with Crippen LogP contribution in [0.1, 0.15) is 36.6 Å². The van der Waals surface area contributed by atoms with Gasteiger partial charge in [0.1, 0.15) is 11.5 Å². The number of amides is 2. The Balaban J connectivity index is 1.48. The number of esters is 1. The first kappa shape index (κ1) is 29.7. The lowest BCUT2D eigenvalue weighted by molar-refractivity contribution is -0.161. The predicted molar refractivity (Wildman–Crippen MR) is 150 cm³/mol. The molecule has 0 aromatic heterocycles. The molecule has 2 amide bonds. The highest BCUT2D eigenvalue weighted by atomic mass is 19.4. The Hall–Kier alpha value is -5.32. The quantitative estimate of drug-likeness (QED) is 0.203. The van der Waals surface area contributed by atoms with Crippen LogP contribution in [-0.4, -0.2) is 42.8 Å². The summed E-state index contributed by atoms with van der Waals surface area (Å²) >= 11 is 0. The molecule has 0 spiro atoms. The normalized spacial score (nSPS) is 11.0. The Morgan fingerprint density at radius 2 is 1.50 bits per heavy atom. The van der Waals surface area contributed by atoms with E-state index in [-0.39, 0.29) is 28.1 Å². The van der Waals surface area contributed by atoms with Crippen LogP contribution in [0.15, 0.2) is 84.9 Å². The molecule has 0 unspecified atom stereocenters. The van der Waals surface area contributed by atoms with Crippen molar-refractivity contribution >= 4 is 29.2 Å². The third-order valence-corrected chi connectivity index (χ3v) is 6.11. The number of halogens is 3. The summed E-state index contributed by atoms with van der Waals surface area (Å²) in [7, 11) is 1.43. The molecule has 0 saturated heterocycles. The number of phenols is 1. The Labute approximate surface area is 238 Å². The second-order valence-electron chi connectivity index (χ2n) is 9.17. The molecule has 0 heterocycles. The molecule has 0 radical (unpaired) electrons. The average molecular weight is 579 g/mol. The van der Waals surface area contributed by atoms with E-state index in [4.69, 9.17) is 4.74 Å². The van der Waals surface area contributed by atoms with E-state index in [9.17, 15) is 32.7 Å². The lowest BCUT2D eigenvalue weighted by Crippen LogP contribution is -2.21. The molecule has 0 atom stereocenters. The van der Waals surface area contributed by atoms with Gasteiger partial charge in [0.15, 0.2) is 6.61 Å². The molecule has 11 heteroatoms. The average Bonchev–Trinajstić information content (AvgIpc) is 2.96. The van der Waals surface area contributed by atoms with E-state index < -0.39 is 30.6 Å². The minimum atomic E-state index is -4.65. The lowest BCUT2D eigenvalue weighted by Gasteiger charge is -2.14. The minimum absolute atomic E-state index is 0.0975. The molecule has 4 aromatic carbocycles. The van der Waals surface area contributed by atoms with E-state index in [2.05, 4.69) is 15.4 Å². The Bertz CT molecular complexity index is 1630. The minimum Gasteiger partial charge on any atom is -0.508 e. The van der Waals surface area contributed by atoms with Crippen molar-refractivity contribution in [3.63, 3.8) is 0 Å². The molecular formula is C31H25F3N2O6. The summed E-state index contributed by atoms with van der Waals surface area (Å²) in [5.74, 6) is -1.67. The van der Waals surface area contributed by atoms with Crippen LogP contribution in [0.4, 0.5) is 24.5 Å². The van der Waals surface area contributed by atoms with Crippen LogP contribution in [0.25, 0.3) is 11.1 Å². The summed E-state index contributed by atoms with van der Waals surface area (Å²) in [6.45, 7) is -0.244. The molecule has 0 saturated carbocycles. The molecule has 8 nitrogen and oxygen atoms in total. The number of benzene rings is 4. The predicted octanol–water partition coefficient (Wildman–Crippen LogP) is 6.60. The van der Waals surface area contributed by atoms with Gasteiger partial charge in [0.2, 0.25) is 0 Å². The van der Waals surface area contributed by atoms with Gasteiger partial charge in [-0.2, -0.15) is 13.2 Å². The first-order chi connectivity index (χ1) is 19.9. The van der Waals surface area contributed by atoms with Gasteiger partial charge in [-0.05, 0) is 84.3 Å². The van der Waals surface area contributed by atoms with Crippen LogP contribution in [0, 0.1) is 6.92 Å². The summed E-state index contributed by atoms with van der Waals surface area (Å²) in [4.78, 5) is 38.0. The fraction of sp³-hybridized carbons (Fsp3) is 0.129. The van der Waals surface area contributed by atoms with Crippen LogP contribution in [0.2, 0.25) is 0 Å². The van der Waals surface area contributed by atoms with Crippen LogP contribution in [0.3, 0.4) is 0 Å². The zero-order valence-corrected chi connectivity index (χ0v) is 22.4. The van der Waals surface area contributed by atoms with Gasteiger partial charge in [0, 0.05) is 16.8 Å². The van der Waals surface area contributed by atoms with Gasteiger partial charge in [-0.1, -0.05) is 24.3 Å². The first-order valence-corrected chi connectivity index (χ1v) is 12.5. The Kier molecular flexibility index (Phi) is 8.80. The summed E-state index contributed by atoms with van der Waals surface area (Å²) in [5, 5.41) is 15.0. The summed E-state index contributed by atoms with van der Waals surface area (Å²) < 4.78 is 46.7. The Morgan fingerprint density at radius 3 is 2.17 bits per heavy atom. The van der Waals surface area contributed by atoms with E-state index in [1.807, 2.05) is 6.07 Å². The number of alkyl halides is 3. The van der Waals surface area contributed by atoms with Crippen molar-refractivity contribution in [1.82, 2.24) is 0 Å². The number of aromatic hydroxyl groups is 1. The number of phenolic OH excluding ortho intramolecular Hbond substituents is 1. The highest BCUT2D eigenvalue weighted by molar-refractivity contribution is 6.08. The van der Waals surface area contributed by atoms with Crippen molar-refractivity contribution in [3.8, 4) is 22.6 Å². The van der Waals surface area contributed by atoms with Gasteiger partial charge in [0.25, 0.3) is 11.8 Å². The second kappa shape index (κ2) is 12.5. The standard InChI is InChI=1S/C31H25F3N2O6/c1-18-14-22(8-12-25(18)30(40)42-17-31(32,33)34)28(38)35-23-9-13-27(41-2)26(16-23)36-29(39)21-5-3-4-20(15-21)19-6-10-24(37)11-7-19/h3-16,37H,17H2,1-2H3,(H,35,38)(H,36,39). The van der Waals surface area contributed by atoms with Crippen LogP contribution >= 0.6 is 0 Å². The van der Waals surface area contributed by atoms with Crippen molar-refractivity contribution in [2.45, 2.75) is 13.1 Å². The monoisotopic (exact) mass is 578 g/mol. The SMILES string of the molecule is COc1ccc(NC(=O)c2ccc(C(=O)OCC(F)(F)F)c(C)c2)cc1NC(=O)c1cccc(-c2ccc(O)cc2)c1. The molecule has 0 aliphatic heterocycles. The van der Waals surface area contributed by atoms with E-state index in [1.54, 1.807) is 54.6 Å². The second-order valence-corrected chi connectivity index (χ2v) is 9.17. The number of hydrogen-bond acceptors (Lipinski definition) is 6. The summed E-state index contributed by atoms with van der Waals surface area (Å²) in [5.41, 5.74) is 2.85. The van der Waals surface area contributed by atoms with Crippen molar-refractivity contribution in [3.05, 3.63) is 107 Å². The molecule has 42 heavy (non-hydrogen) atoms. The number of hydrogen-bond donors (Lipinski definition) is 3. The zero-order chi connectivity index (χ0) is 30.4. The van der Waals surface area contributed by atoms with Crippen molar-refractivity contribution in [1.29, 1.82) is 0 Å². The molecule has 0 fully saturated rings. The molecule has 0 bridgehead atoms. The van der Waals surface area contributed by atoms with Crippen LogP contribution in [-0.2, 0) is 4.74 Å². The van der Waals surface area contributed by atoms with Crippen LogP contribution in [0.5, 0.6) is 11.5 Å². The lowest BCUT2D eigenvalue weighted by atomic mass is 10.0. The molecule has 3 N–H and O–H groups in total. The molecular weight excluding hydrogens is 553 g/mol. The number of methoxy groups -OCH3 is 1. The van der Waals surface area contributed by atoms with Gasteiger partial charge < -0.3 is 25.2 Å². The van der Waals surface area contributed by atoms with Crippen molar-refractivity contribution in [2.75, 3.05) is 24.4 Å². The third kappa shape index (κ3) is 7.45. The van der Waals surface area contributed by atoms with Gasteiger partial charge >= 0.3 is 12.1 Å². The van der Waals surface area contributed by atoms with E-state index in [0.29, 0.717) is 17.0 Å². The first-order valence-electron chi connectivity index (χ1n) is 12.5. The van der Waals surface area contributed by atoms with E-state index in [1.165, 1.54) is 38.3 Å². The fourth-order valence-electron chi connectivity index (χ4n) is 4.03. The smallest absolute Gasteiger partial charge is 0.422 e. The Morgan fingerprint density at radius 1 is 0.810 bits per heavy atom. The van der Waals surface area contributed by atoms with Gasteiger partial charge in [-0.3, -0.25) is 9.59 Å². The number of ether oxygens (including phenoxy) is 2. The molecule has 4 rings (SSSR count). The number of rotatable bonds is 8. The van der Waals surface area contributed by atoms with Gasteiger partial charge in [0.05, 0.1) is 18.4 Å². The highest BCUT2D eigenvalue weighted by Crippen LogP contribution is 2.30. The highest BCUT2D eigenvalue weighted by Gasteiger charge is 2.30. The van der Waals surface area contributed by atoms with E-state index >= 15 is 0 Å². The number of aryl methyl sites for hydroxylation is 1. The number of carbonyl (C=O) groups excluding carboxylic acids is 3. The largest absolute Gasteiger partial charge is 0.508 e. The molecule has 216 valence electrons. The number of anilines is 2. The maximum Gasteiger partial charge on any atom is 0.422 e. The fourth-order valence-corrected chi connectivity index (χ4v) is 4.03. The summed E-state index contributed by atoms with van der Waals surface area (Å²) in [6, 6.07) is 22.0. The number of nitrogens with one attached hydrogen (secondary N) is 2. The third-order valence-electron chi connectivity index (χ3n) is 6.11. The topological polar surface area (TPSA) is 114 Å². The molecule has 0 aliphatic carbocycles. The van der Waals surface area contributed by atoms with Crippen molar-refractivity contribution in [2.24, 2.45) is 0 Å². The maximum absolute atomic E-state index is 13.1. The van der Waals surface area contributed by atoms with Crippen LogP contribution < -0.4 is 15.4 Å². The van der Waals surface area contributed by atoms with Crippen molar-refractivity contribution < 1.29 is 42.1 Å². The van der Waals surface area contributed by atoms with E-state index in [0.717, 1.165) is 11.1 Å².